The molecule has 0 amide bonds. The number of thioether (sulfide) groups is 1. The summed E-state index contributed by atoms with van der Waals surface area (Å²) in [5, 5.41) is 5.32. The van der Waals surface area contributed by atoms with Gasteiger partial charge in [-0.15, -0.1) is 11.8 Å². The number of halogens is 1. The molecule has 0 aliphatic rings. The minimum atomic E-state index is -0.378. The number of methoxy groups -OCH3 is 1. The maximum atomic E-state index is 12.3. The normalized spacial score (nSPS) is 10.7. The Morgan fingerprint density at radius 3 is 2.30 bits per heavy atom. The summed E-state index contributed by atoms with van der Waals surface area (Å²) in [5.41, 5.74) is 3.62. The van der Waals surface area contributed by atoms with Crippen LogP contribution in [0.4, 0.5) is 5.82 Å². The Bertz CT molecular complexity index is 733. The third-order valence-corrected chi connectivity index (χ3v) is 4.63. The Kier molecular flexibility index (Phi) is 5.41. The van der Waals surface area contributed by atoms with Gasteiger partial charge in [0, 0.05) is 18.6 Å². The highest BCUT2D eigenvalue weighted by Crippen LogP contribution is 2.34. The van der Waals surface area contributed by atoms with Crippen LogP contribution in [0.3, 0.4) is 0 Å². The fourth-order valence-electron chi connectivity index (χ4n) is 2.62. The van der Waals surface area contributed by atoms with Gasteiger partial charge in [0.1, 0.15) is 16.4 Å². The summed E-state index contributed by atoms with van der Waals surface area (Å²) in [5.74, 6) is 0.339. The van der Waals surface area contributed by atoms with E-state index >= 15 is 0 Å². The quantitative estimate of drug-likeness (QED) is 0.579. The summed E-state index contributed by atoms with van der Waals surface area (Å²) in [4.78, 5) is 14.2. The number of hydrogen-bond acceptors (Lipinski definition) is 5. The number of nitrogens with zero attached hydrogens (tertiary/aromatic N) is 3. The zero-order chi connectivity index (χ0) is 17.3. The zero-order valence-corrected chi connectivity index (χ0v) is 16.5. The fraction of sp³-hybridized carbons (Fsp3) is 0.375. The SMILES string of the molecule is COC(=O)c1c(SC)nn(-c2c(C)cc(Br)cc2C)c1N(C)C. The topological polar surface area (TPSA) is 47.4 Å². The van der Waals surface area contributed by atoms with Crippen molar-refractivity contribution in [3.8, 4) is 5.69 Å². The number of benzene rings is 1. The smallest absolute Gasteiger partial charge is 0.344 e. The number of ether oxygens (including phenoxy) is 1. The summed E-state index contributed by atoms with van der Waals surface area (Å²) in [6.45, 7) is 4.07. The zero-order valence-electron chi connectivity index (χ0n) is 14.1. The van der Waals surface area contributed by atoms with E-state index in [9.17, 15) is 4.79 Å². The van der Waals surface area contributed by atoms with Crippen LogP contribution in [-0.2, 0) is 4.74 Å². The maximum absolute atomic E-state index is 12.3. The van der Waals surface area contributed by atoms with Crippen LogP contribution >= 0.6 is 27.7 Å². The summed E-state index contributed by atoms with van der Waals surface area (Å²) in [7, 11) is 5.18. The van der Waals surface area contributed by atoms with Crippen molar-refractivity contribution in [1.29, 1.82) is 0 Å². The second-order valence-electron chi connectivity index (χ2n) is 5.39. The number of aromatic nitrogens is 2. The fourth-order valence-corrected chi connectivity index (χ4v) is 3.85. The van der Waals surface area contributed by atoms with Crippen molar-refractivity contribution >= 4 is 39.5 Å². The highest BCUT2D eigenvalue weighted by atomic mass is 79.9. The molecule has 0 saturated heterocycles. The van der Waals surface area contributed by atoms with Crippen molar-refractivity contribution in [2.75, 3.05) is 32.4 Å². The van der Waals surface area contributed by atoms with E-state index in [1.54, 1.807) is 0 Å². The molecule has 0 unspecified atom stereocenters. The Hall–Kier alpha value is -1.47. The van der Waals surface area contributed by atoms with Crippen LogP contribution in [0.25, 0.3) is 5.69 Å². The Morgan fingerprint density at radius 1 is 1.30 bits per heavy atom. The average Bonchev–Trinajstić information content (AvgIpc) is 2.84. The highest BCUT2D eigenvalue weighted by Gasteiger charge is 2.27. The number of carbonyl (C=O) groups is 1. The van der Waals surface area contributed by atoms with E-state index in [1.165, 1.54) is 18.9 Å². The molecule has 2 rings (SSSR count). The first-order valence-corrected chi connectivity index (χ1v) is 9.03. The minimum absolute atomic E-state index is 0.378. The van der Waals surface area contributed by atoms with E-state index in [0.29, 0.717) is 10.6 Å². The second-order valence-corrected chi connectivity index (χ2v) is 7.10. The van der Waals surface area contributed by atoms with Gasteiger partial charge < -0.3 is 9.64 Å². The lowest BCUT2D eigenvalue weighted by atomic mass is 10.1. The molecular weight excluding hydrogens is 378 g/mol. The summed E-state index contributed by atoms with van der Waals surface area (Å²) in [6.07, 6.45) is 1.90. The van der Waals surface area contributed by atoms with E-state index in [1.807, 2.05) is 55.9 Å². The van der Waals surface area contributed by atoms with Crippen LogP contribution < -0.4 is 4.90 Å². The summed E-state index contributed by atoms with van der Waals surface area (Å²) >= 11 is 4.95. The van der Waals surface area contributed by atoms with Crippen molar-refractivity contribution in [3.63, 3.8) is 0 Å². The Morgan fingerprint density at radius 2 is 1.87 bits per heavy atom. The highest BCUT2D eigenvalue weighted by molar-refractivity contribution is 9.10. The largest absolute Gasteiger partial charge is 0.465 e. The van der Waals surface area contributed by atoms with Crippen molar-refractivity contribution in [3.05, 3.63) is 33.3 Å². The molecule has 1 aromatic heterocycles. The lowest BCUT2D eigenvalue weighted by molar-refractivity contribution is 0.0597. The molecular formula is C16H20BrN3O2S. The molecule has 0 saturated carbocycles. The van der Waals surface area contributed by atoms with Crippen LogP contribution in [0.5, 0.6) is 0 Å². The van der Waals surface area contributed by atoms with Crippen LogP contribution in [0.1, 0.15) is 21.5 Å². The molecule has 2 aromatic rings. The van der Waals surface area contributed by atoms with Crippen LogP contribution in [0.15, 0.2) is 21.6 Å². The molecule has 0 N–H and O–H groups in total. The van der Waals surface area contributed by atoms with Crippen molar-refractivity contribution in [2.45, 2.75) is 18.9 Å². The molecule has 0 atom stereocenters. The van der Waals surface area contributed by atoms with Crippen molar-refractivity contribution in [1.82, 2.24) is 9.78 Å². The van der Waals surface area contributed by atoms with Gasteiger partial charge >= 0.3 is 5.97 Å². The molecule has 23 heavy (non-hydrogen) atoms. The third-order valence-electron chi connectivity index (χ3n) is 3.50. The standard InChI is InChI=1S/C16H20BrN3O2S/c1-9-7-11(17)8-10(2)13(9)20-15(19(3)4)12(16(21)22-5)14(18-20)23-6/h7-8H,1-6H3. The molecule has 0 radical (unpaired) electrons. The molecule has 0 aliphatic heterocycles. The van der Waals surface area contributed by atoms with E-state index < -0.39 is 0 Å². The lowest BCUT2D eigenvalue weighted by Crippen LogP contribution is -2.18. The third kappa shape index (κ3) is 3.26. The Labute approximate surface area is 149 Å². The second kappa shape index (κ2) is 6.97. The number of aryl methyl sites for hydroxylation is 2. The number of hydrogen-bond donors (Lipinski definition) is 0. The molecule has 0 spiro atoms. The molecule has 1 aromatic carbocycles. The van der Waals surface area contributed by atoms with Gasteiger partial charge in [0.25, 0.3) is 0 Å². The average molecular weight is 398 g/mol. The maximum Gasteiger partial charge on any atom is 0.344 e. The first-order chi connectivity index (χ1) is 10.8. The van der Waals surface area contributed by atoms with Gasteiger partial charge in [0.2, 0.25) is 0 Å². The van der Waals surface area contributed by atoms with Crippen LogP contribution in [0, 0.1) is 13.8 Å². The minimum Gasteiger partial charge on any atom is -0.465 e. The van der Waals surface area contributed by atoms with Crippen LogP contribution in [-0.4, -0.2) is 43.2 Å². The number of esters is 1. The monoisotopic (exact) mass is 397 g/mol. The predicted molar refractivity (Wildman–Crippen MR) is 98.2 cm³/mol. The molecule has 7 heteroatoms. The Balaban J connectivity index is 2.83. The predicted octanol–water partition coefficient (Wildman–Crippen LogP) is 3.83. The van der Waals surface area contributed by atoms with E-state index in [-0.39, 0.29) is 5.97 Å². The van der Waals surface area contributed by atoms with E-state index in [4.69, 9.17) is 4.74 Å². The summed E-state index contributed by atoms with van der Waals surface area (Å²) in [6, 6.07) is 4.08. The van der Waals surface area contributed by atoms with Gasteiger partial charge in [0.15, 0.2) is 0 Å². The summed E-state index contributed by atoms with van der Waals surface area (Å²) < 4.78 is 7.81. The van der Waals surface area contributed by atoms with Gasteiger partial charge in [-0.2, -0.15) is 5.10 Å². The van der Waals surface area contributed by atoms with Gasteiger partial charge in [-0.05, 0) is 43.4 Å². The molecule has 0 fully saturated rings. The molecule has 124 valence electrons. The van der Waals surface area contributed by atoms with Gasteiger partial charge in [-0.1, -0.05) is 15.9 Å². The van der Waals surface area contributed by atoms with Gasteiger partial charge in [0.05, 0.1) is 12.8 Å². The number of carbonyl (C=O) groups excluding carboxylic acids is 1. The number of rotatable bonds is 4. The van der Waals surface area contributed by atoms with E-state index in [2.05, 4.69) is 21.0 Å². The lowest BCUT2D eigenvalue weighted by Gasteiger charge is -2.19. The molecule has 0 bridgehead atoms. The van der Waals surface area contributed by atoms with Crippen molar-refractivity contribution in [2.24, 2.45) is 0 Å². The molecule has 1 heterocycles. The number of anilines is 1. The molecule has 5 nitrogen and oxygen atoms in total. The van der Waals surface area contributed by atoms with Crippen molar-refractivity contribution < 1.29 is 9.53 Å². The first kappa shape index (κ1) is 17.9. The van der Waals surface area contributed by atoms with Gasteiger partial charge in [-0.3, -0.25) is 0 Å². The molecule has 0 aliphatic carbocycles. The van der Waals surface area contributed by atoms with E-state index in [0.717, 1.165) is 27.1 Å². The first-order valence-electron chi connectivity index (χ1n) is 7.01. The van der Waals surface area contributed by atoms with Gasteiger partial charge in [-0.25, -0.2) is 9.48 Å². The van der Waals surface area contributed by atoms with Crippen LogP contribution in [0.2, 0.25) is 0 Å².